The van der Waals surface area contributed by atoms with Crippen LogP contribution in [0.25, 0.3) is 0 Å². The molecule has 2 aromatic rings. The van der Waals surface area contributed by atoms with Crippen molar-refractivity contribution in [1.29, 1.82) is 0 Å². The number of hydrogen-bond donors (Lipinski definition) is 0. The Morgan fingerprint density at radius 3 is 2.70 bits per heavy atom. The molecule has 0 aromatic heterocycles. The van der Waals surface area contributed by atoms with Gasteiger partial charge < -0.3 is 9.64 Å². The van der Waals surface area contributed by atoms with E-state index < -0.39 is 6.10 Å². The zero-order valence-electron chi connectivity index (χ0n) is 16.2. The highest BCUT2D eigenvalue weighted by atomic mass is 32.2. The molecular weight excluding hydrogens is 358 g/mol. The molecule has 1 amide bonds. The van der Waals surface area contributed by atoms with Gasteiger partial charge in [0.05, 0.1) is 5.75 Å². The number of amides is 1. The Kier molecular flexibility index (Phi) is 5.90. The number of benzene rings is 2. The molecule has 5 heteroatoms. The monoisotopic (exact) mass is 383 g/mol. The lowest BCUT2D eigenvalue weighted by atomic mass is 10.1. The number of nitrogens with zero attached hydrogens (tertiary/aromatic N) is 1. The fourth-order valence-electron chi connectivity index (χ4n) is 3.48. The molecule has 0 radical (unpaired) electrons. The average Bonchev–Trinajstić information content (AvgIpc) is 2.96. The number of thioether (sulfide) groups is 1. The van der Waals surface area contributed by atoms with Gasteiger partial charge >= 0.3 is 5.97 Å². The van der Waals surface area contributed by atoms with Crippen molar-refractivity contribution < 1.29 is 14.3 Å². The third kappa shape index (κ3) is 4.35. The molecule has 0 spiro atoms. The van der Waals surface area contributed by atoms with Gasteiger partial charge in [0.2, 0.25) is 0 Å². The van der Waals surface area contributed by atoms with Crippen LogP contribution in [0.5, 0.6) is 0 Å². The highest BCUT2D eigenvalue weighted by Crippen LogP contribution is 2.32. The number of rotatable bonds is 5. The molecule has 0 aliphatic carbocycles. The number of anilines is 1. The Morgan fingerprint density at radius 1 is 1.22 bits per heavy atom. The SMILES string of the molecule is Cc1ccc(SCC(=O)O[C@@H](C)C(=O)N2c3ccccc3C[C@H]2C)c(C)c1. The van der Waals surface area contributed by atoms with Crippen molar-refractivity contribution in [1.82, 2.24) is 0 Å². The third-order valence-electron chi connectivity index (χ3n) is 4.78. The average molecular weight is 384 g/mol. The van der Waals surface area contributed by atoms with E-state index in [-0.39, 0.29) is 23.7 Å². The maximum absolute atomic E-state index is 12.9. The zero-order valence-corrected chi connectivity index (χ0v) is 17.0. The number of fused-ring (bicyclic) bond motifs is 1. The third-order valence-corrected chi connectivity index (χ3v) is 5.93. The van der Waals surface area contributed by atoms with Crippen molar-refractivity contribution in [3.63, 3.8) is 0 Å². The summed E-state index contributed by atoms with van der Waals surface area (Å²) in [5.41, 5.74) is 4.41. The van der Waals surface area contributed by atoms with Crippen molar-refractivity contribution in [2.45, 2.75) is 51.2 Å². The van der Waals surface area contributed by atoms with Crippen molar-refractivity contribution in [2.75, 3.05) is 10.7 Å². The van der Waals surface area contributed by atoms with Gasteiger partial charge in [-0.3, -0.25) is 9.59 Å². The summed E-state index contributed by atoms with van der Waals surface area (Å²) >= 11 is 1.44. The Labute approximate surface area is 164 Å². The lowest BCUT2D eigenvalue weighted by Gasteiger charge is -2.25. The lowest BCUT2D eigenvalue weighted by Crippen LogP contribution is -2.43. The summed E-state index contributed by atoms with van der Waals surface area (Å²) < 4.78 is 5.42. The Hall–Kier alpha value is -2.27. The van der Waals surface area contributed by atoms with Crippen LogP contribution in [0.2, 0.25) is 0 Å². The first-order valence-corrected chi connectivity index (χ1v) is 10.2. The molecule has 142 valence electrons. The number of hydrogen-bond acceptors (Lipinski definition) is 4. The molecule has 0 fully saturated rings. The summed E-state index contributed by atoms with van der Waals surface area (Å²) in [5.74, 6) is -0.355. The fraction of sp³-hybridized carbons (Fsp3) is 0.364. The number of para-hydroxylation sites is 1. The molecule has 1 aliphatic heterocycles. The maximum atomic E-state index is 12.9. The second kappa shape index (κ2) is 8.17. The fourth-order valence-corrected chi connectivity index (χ4v) is 4.27. The normalized spacial score (nSPS) is 16.7. The molecule has 2 aromatic carbocycles. The standard InChI is InChI=1S/C22H25NO3S/c1-14-9-10-20(15(2)11-14)27-13-21(24)26-17(4)22(25)23-16(3)12-18-7-5-6-8-19(18)23/h5-11,16-17H,12-13H2,1-4H3/t16-,17+/m1/s1. The molecule has 3 rings (SSSR count). The molecule has 2 atom stereocenters. The van der Waals surface area contributed by atoms with Crippen molar-refractivity contribution in [3.8, 4) is 0 Å². The number of carbonyl (C=O) groups excluding carboxylic acids is 2. The van der Waals surface area contributed by atoms with Crippen LogP contribution in [-0.2, 0) is 20.7 Å². The molecule has 0 saturated carbocycles. The van der Waals surface area contributed by atoms with Crippen molar-refractivity contribution in [2.24, 2.45) is 0 Å². The van der Waals surface area contributed by atoms with Crippen molar-refractivity contribution in [3.05, 3.63) is 59.2 Å². The second-order valence-electron chi connectivity index (χ2n) is 7.08. The van der Waals surface area contributed by atoms with Crippen LogP contribution in [0, 0.1) is 13.8 Å². The molecule has 4 nitrogen and oxygen atoms in total. The molecule has 0 N–H and O–H groups in total. The van der Waals surface area contributed by atoms with E-state index in [0.717, 1.165) is 28.1 Å². The first-order valence-electron chi connectivity index (χ1n) is 9.17. The Balaban J connectivity index is 1.59. The van der Waals surface area contributed by atoms with Gasteiger partial charge in [-0.2, -0.15) is 0 Å². The summed E-state index contributed by atoms with van der Waals surface area (Å²) in [5, 5.41) is 0. The van der Waals surface area contributed by atoms with E-state index in [2.05, 4.69) is 6.07 Å². The quantitative estimate of drug-likeness (QED) is 0.570. The highest BCUT2D eigenvalue weighted by Gasteiger charge is 2.34. The van der Waals surface area contributed by atoms with Crippen LogP contribution in [0.3, 0.4) is 0 Å². The second-order valence-corrected chi connectivity index (χ2v) is 8.10. The molecule has 1 aliphatic rings. The van der Waals surface area contributed by atoms with Gasteiger partial charge in [0.25, 0.3) is 5.91 Å². The number of carbonyl (C=O) groups is 2. The Morgan fingerprint density at radius 2 is 1.96 bits per heavy atom. The van der Waals surface area contributed by atoms with Crippen molar-refractivity contribution >= 4 is 29.3 Å². The Bertz CT molecular complexity index is 864. The summed E-state index contributed by atoms with van der Waals surface area (Å²) in [6.45, 7) is 7.73. The number of esters is 1. The minimum Gasteiger partial charge on any atom is -0.452 e. The zero-order chi connectivity index (χ0) is 19.6. The van der Waals surface area contributed by atoms with Crippen LogP contribution in [0.4, 0.5) is 5.69 Å². The van der Waals surface area contributed by atoms with E-state index in [0.29, 0.717) is 0 Å². The van der Waals surface area contributed by atoms with E-state index >= 15 is 0 Å². The first-order chi connectivity index (χ1) is 12.9. The van der Waals surface area contributed by atoms with E-state index in [4.69, 9.17) is 4.74 Å². The minimum absolute atomic E-state index is 0.0700. The van der Waals surface area contributed by atoms with Gasteiger partial charge in [-0.25, -0.2) is 0 Å². The van der Waals surface area contributed by atoms with E-state index in [1.165, 1.54) is 17.3 Å². The van der Waals surface area contributed by atoms with Crippen LogP contribution in [-0.4, -0.2) is 29.8 Å². The van der Waals surface area contributed by atoms with Gasteiger partial charge in [-0.05, 0) is 57.4 Å². The summed E-state index contributed by atoms with van der Waals surface area (Å²) in [7, 11) is 0. The summed E-state index contributed by atoms with van der Waals surface area (Å²) in [4.78, 5) is 27.9. The van der Waals surface area contributed by atoms with Crippen LogP contribution >= 0.6 is 11.8 Å². The van der Waals surface area contributed by atoms with Crippen LogP contribution < -0.4 is 4.90 Å². The van der Waals surface area contributed by atoms with E-state index in [1.54, 1.807) is 11.8 Å². The predicted octanol–water partition coefficient (Wildman–Crippen LogP) is 4.31. The van der Waals surface area contributed by atoms with Crippen LogP contribution in [0.15, 0.2) is 47.4 Å². The molecule has 0 unspecified atom stereocenters. The molecule has 0 bridgehead atoms. The maximum Gasteiger partial charge on any atom is 0.317 e. The first kappa shape index (κ1) is 19.5. The molecule has 1 heterocycles. The van der Waals surface area contributed by atoms with Gasteiger partial charge in [0.15, 0.2) is 6.10 Å². The number of aryl methyl sites for hydroxylation is 2. The van der Waals surface area contributed by atoms with Gasteiger partial charge in [0.1, 0.15) is 0 Å². The van der Waals surface area contributed by atoms with E-state index in [9.17, 15) is 9.59 Å². The largest absolute Gasteiger partial charge is 0.452 e. The van der Waals surface area contributed by atoms with E-state index in [1.807, 2.05) is 57.2 Å². The summed E-state index contributed by atoms with van der Waals surface area (Å²) in [6.07, 6.45) is 0.0244. The van der Waals surface area contributed by atoms with Gasteiger partial charge in [-0.15, -0.1) is 11.8 Å². The van der Waals surface area contributed by atoms with Crippen LogP contribution in [0.1, 0.15) is 30.5 Å². The minimum atomic E-state index is -0.800. The highest BCUT2D eigenvalue weighted by molar-refractivity contribution is 8.00. The van der Waals surface area contributed by atoms with Gasteiger partial charge in [-0.1, -0.05) is 35.9 Å². The molecule has 0 saturated heterocycles. The smallest absolute Gasteiger partial charge is 0.317 e. The molecular formula is C22H25NO3S. The van der Waals surface area contributed by atoms with Gasteiger partial charge in [0, 0.05) is 16.6 Å². The number of ether oxygens (including phenoxy) is 1. The molecule has 27 heavy (non-hydrogen) atoms. The summed E-state index contributed by atoms with van der Waals surface area (Å²) in [6, 6.07) is 14.1. The predicted molar refractivity (Wildman–Crippen MR) is 109 cm³/mol. The lowest BCUT2D eigenvalue weighted by molar-refractivity contribution is -0.151. The topological polar surface area (TPSA) is 46.6 Å².